The van der Waals surface area contributed by atoms with E-state index in [-0.39, 0.29) is 34.5 Å². The number of nitro benzene ring substituents is 1. The van der Waals surface area contributed by atoms with Gasteiger partial charge in [0.15, 0.2) is 0 Å². The third kappa shape index (κ3) is 5.10. The molecule has 3 N–H and O–H groups in total. The molecular formula is C21H24N4O4. The van der Waals surface area contributed by atoms with Crippen molar-refractivity contribution in [3.8, 4) is 0 Å². The number of hydrogen-bond acceptors (Lipinski definition) is 4. The van der Waals surface area contributed by atoms with Crippen molar-refractivity contribution in [3.63, 3.8) is 0 Å². The van der Waals surface area contributed by atoms with E-state index in [0.717, 1.165) is 12.0 Å². The molecule has 0 aliphatic heterocycles. The fraction of sp³-hybridized carbons (Fsp3) is 0.333. The van der Waals surface area contributed by atoms with Crippen molar-refractivity contribution < 1.29 is 14.5 Å². The maximum Gasteiger partial charge on any atom is 0.337 e. The molecule has 1 aliphatic carbocycles. The van der Waals surface area contributed by atoms with Crippen molar-refractivity contribution >= 4 is 23.3 Å². The molecule has 0 saturated heterocycles. The van der Waals surface area contributed by atoms with E-state index in [1.807, 2.05) is 0 Å². The molecule has 0 heterocycles. The highest BCUT2D eigenvalue weighted by atomic mass is 16.6. The number of nitro groups is 1. The molecule has 2 atom stereocenters. The third-order valence-corrected chi connectivity index (χ3v) is 4.95. The number of non-ortho nitro benzene ring substituents is 1. The zero-order chi connectivity index (χ0) is 21.2. The fourth-order valence-corrected chi connectivity index (χ4v) is 3.15. The number of urea groups is 1. The van der Waals surface area contributed by atoms with Crippen LogP contribution in [0.25, 0.3) is 0 Å². The lowest BCUT2D eigenvalue weighted by molar-refractivity contribution is -0.384. The smallest absolute Gasteiger partial charge is 0.306 e. The van der Waals surface area contributed by atoms with Crippen molar-refractivity contribution in [2.75, 3.05) is 5.32 Å². The minimum Gasteiger partial charge on any atom is -0.306 e. The number of carbonyl (C=O) groups is 2. The maximum atomic E-state index is 12.3. The summed E-state index contributed by atoms with van der Waals surface area (Å²) in [5.74, 6) is -0.302. The molecule has 0 unspecified atom stereocenters. The zero-order valence-corrected chi connectivity index (χ0v) is 16.6. The Kier molecular flexibility index (Phi) is 5.54. The molecule has 152 valence electrons. The zero-order valence-electron chi connectivity index (χ0n) is 16.6. The third-order valence-electron chi connectivity index (χ3n) is 4.95. The molecule has 0 spiro atoms. The molecule has 0 aromatic heterocycles. The average molecular weight is 396 g/mol. The summed E-state index contributed by atoms with van der Waals surface area (Å²) in [6.45, 7) is 6.46. The Labute approximate surface area is 168 Å². The van der Waals surface area contributed by atoms with Crippen LogP contribution in [0.5, 0.6) is 0 Å². The number of amides is 3. The van der Waals surface area contributed by atoms with Crippen LogP contribution in [0.3, 0.4) is 0 Å². The molecular weight excluding hydrogens is 372 g/mol. The topological polar surface area (TPSA) is 113 Å². The summed E-state index contributed by atoms with van der Waals surface area (Å²) >= 11 is 0. The highest BCUT2D eigenvalue weighted by molar-refractivity contribution is 5.92. The van der Waals surface area contributed by atoms with E-state index in [1.54, 1.807) is 0 Å². The van der Waals surface area contributed by atoms with Crippen LogP contribution in [-0.2, 0) is 10.2 Å². The molecule has 0 bridgehead atoms. The maximum absolute atomic E-state index is 12.3. The van der Waals surface area contributed by atoms with Crippen molar-refractivity contribution in [1.82, 2.24) is 10.9 Å². The van der Waals surface area contributed by atoms with Crippen LogP contribution in [0.1, 0.15) is 44.2 Å². The van der Waals surface area contributed by atoms with Gasteiger partial charge in [-0.3, -0.25) is 20.3 Å². The van der Waals surface area contributed by atoms with Gasteiger partial charge in [0.25, 0.3) is 5.69 Å². The summed E-state index contributed by atoms with van der Waals surface area (Å²) in [4.78, 5) is 34.4. The number of hydrogen-bond donors (Lipinski definition) is 3. The Hall–Kier alpha value is -3.42. The van der Waals surface area contributed by atoms with E-state index in [2.05, 4.69) is 61.2 Å². The number of nitrogens with zero attached hydrogens (tertiary/aromatic N) is 1. The van der Waals surface area contributed by atoms with Crippen LogP contribution < -0.4 is 16.2 Å². The summed E-state index contributed by atoms with van der Waals surface area (Å²) < 4.78 is 0. The molecule has 2 aromatic carbocycles. The van der Waals surface area contributed by atoms with E-state index in [1.165, 1.54) is 29.8 Å². The molecule has 29 heavy (non-hydrogen) atoms. The first kappa shape index (κ1) is 20.3. The second kappa shape index (κ2) is 7.90. The lowest BCUT2D eigenvalue weighted by Crippen LogP contribution is -2.44. The second-order valence-corrected chi connectivity index (χ2v) is 8.20. The van der Waals surface area contributed by atoms with E-state index in [4.69, 9.17) is 0 Å². The SMILES string of the molecule is CC(C)(C)c1ccc([C@H]2C[C@H]2C(=O)NNC(=O)Nc2cccc([N+](=O)[O-])c2)cc1. The van der Waals surface area contributed by atoms with Gasteiger partial charge in [-0.15, -0.1) is 0 Å². The number of benzene rings is 2. The monoisotopic (exact) mass is 396 g/mol. The summed E-state index contributed by atoms with van der Waals surface area (Å²) in [5.41, 5.74) is 7.24. The van der Waals surface area contributed by atoms with Gasteiger partial charge in [-0.2, -0.15) is 0 Å². The standard InChI is InChI=1S/C21H24N4O4/c1-21(2,3)14-9-7-13(8-10-14)17-12-18(17)19(26)23-24-20(27)22-15-5-4-6-16(11-15)25(28)29/h4-11,17-18H,12H2,1-3H3,(H,23,26)(H2,22,24,27)/t17-,18-/m1/s1. The van der Waals surface area contributed by atoms with Gasteiger partial charge in [-0.1, -0.05) is 51.1 Å². The Morgan fingerprint density at radius 1 is 1.07 bits per heavy atom. The Balaban J connectivity index is 1.48. The molecule has 1 fully saturated rings. The normalized spacial score (nSPS) is 17.9. The van der Waals surface area contributed by atoms with Crippen LogP contribution in [0.2, 0.25) is 0 Å². The van der Waals surface area contributed by atoms with Gasteiger partial charge in [0.1, 0.15) is 0 Å². The van der Waals surface area contributed by atoms with Gasteiger partial charge >= 0.3 is 6.03 Å². The summed E-state index contributed by atoms with van der Waals surface area (Å²) in [6.07, 6.45) is 0.731. The molecule has 8 heteroatoms. The summed E-state index contributed by atoms with van der Waals surface area (Å²) in [7, 11) is 0. The Morgan fingerprint density at radius 2 is 1.76 bits per heavy atom. The Bertz CT molecular complexity index is 934. The predicted octanol–water partition coefficient (Wildman–Crippen LogP) is 3.85. The molecule has 3 rings (SSSR count). The van der Waals surface area contributed by atoms with Crippen LogP contribution >= 0.6 is 0 Å². The number of nitrogens with one attached hydrogen (secondary N) is 3. The van der Waals surface area contributed by atoms with Gasteiger partial charge in [-0.25, -0.2) is 10.2 Å². The van der Waals surface area contributed by atoms with Gasteiger partial charge in [0.05, 0.1) is 4.92 Å². The summed E-state index contributed by atoms with van der Waals surface area (Å²) in [5, 5.41) is 13.2. The highest BCUT2D eigenvalue weighted by Gasteiger charge is 2.44. The number of hydrazine groups is 1. The van der Waals surface area contributed by atoms with Gasteiger partial charge in [0.2, 0.25) is 5.91 Å². The number of carbonyl (C=O) groups excluding carboxylic acids is 2. The minimum atomic E-state index is -0.675. The highest BCUT2D eigenvalue weighted by Crippen LogP contribution is 2.47. The Morgan fingerprint density at radius 3 is 2.38 bits per heavy atom. The largest absolute Gasteiger partial charge is 0.337 e. The first-order valence-corrected chi connectivity index (χ1v) is 9.37. The molecule has 2 aromatic rings. The van der Waals surface area contributed by atoms with Crippen molar-refractivity contribution in [2.45, 2.75) is 38.5 Å². The first-order chi connectivity index (χ1) is 13.6. The van der Waals surface area contributed by atoms with Gasteiger partial charge < -0.3 is 5.32 Å². The fourth-order valence-electron chi connectivity index (χ4n) is 3.15. The van der Waals surface area contributed by atoms with Crippen LogP contribution in [0.4, 0.5) is 16.2 Å². The van der Waals surface area contributed by atoms with E-state index in [0.29, 0.717) is 0 Å². The lowest BCUT2D eigenvalue weighted by atomic mass is 9.86. The average Bonchev–Trinajstić information content (AvgIpc) is 3.46. The van der Waals surface area contributed by atoms with E-state index >= 15 is 0 Å². The summed E-state index contributed by atoms with van der Waals surface area (Å²) in [6, 6.07) is 13.2. The van der Waals surface area contributed by atoms with E-state index in [9.17, 15) is 19.7 Å². The van der Waals surface area contributed by atoms with Crippen molar-refractivity contribution in [2.24, 2.45) is 5.92 Å². The number of rotatable bonds is 4. The minimum absolute atomic E-state index is 0.0787. The van der Waals surface area contributed by atoms with Gasteiger partial charge in [0, 0.05) is 23.7 Å². The molecule has 1 saturated carbocycles. The predicted molar refractivity (Wildman–Crippen MR) is 109 cm³/mol. The molecule has 8 nitrogen and oxygen atoms in total. The molecule has 0 radical (unpaired) electrons. The van der Waals surface area contributed by atoms with Crippen LogP contribution in [-0.4, -0.2) is 16.9 Å². The van der Waals surface area contributed by atoms with Crippen molar-refractivity contribution in [1.29, 1.82) is 0 Å². The van der Waals surface area contributed by atoms with Gasteiger partial charge in [-0.05, 0) is 34.9 Å². The van der Waals surface area contributed by atoms with Crippen LogP contribution in [0, 0.1) is 16.0 Å². The number of anilines is 1. The van der Waals surface area contributed by atoms with E-state index < -0.39 is 11.0 Å². The molecule has 1 aliphatic rings. The second-order valence-electron chi connectivity index (χ2n) is 8.20. The molecule has 3 amide bonds. The van der Waals surface area contributed by atoms with Crippen LogP contribution in [0.15, 0.2) is 48.5 Å². The first-order valence-electron chi connectivity index (χ1n) is 9.37. The quantitative estimate of drug-likeness (QED) is 0.538. The van der Waals surface area contributed by atoms with Crippen molar-refractivity contribution in [3.05, 3.63) is 69.8 Å². The lowest BCUT2D eigenvalue weighted by Gasteiger charge is -2.19.